The molecule has 0 saturated carbocycles. The van der Waals surface area contributed by atoms with E-state index in [0.29, 0.717) is 33.3 Å². The highest BCUT2D eigenvalue weighted by Crippen LogP contribution is 2.35. The van der Waals surface area contributed by atoms with Crippen molar-refractivity contribution in [2.45, 2.75) is 19.8 Å². The number of amides is 1. The SMILES string of the molecule is COc1cc(/C=N/NC(=O)CCc2c(C)[nH]c(=O)[nH]c2=O)cc(Cl)c1OC. The summed E-state index contributed by atoms with van der Waals surface area (Å²) >= 11 is 6.10. The van der Waals surface area contributed by atoms with Crippen LogP contribution in [0.5, 0.6) is 11.5 Å². The van der Waals surface area contributed by atoms with E-state index in [1.165, 1.54) is 20.4 Å². The molecule has 0 atom stereocenters. The van der Waals surface area contributed by atoms with Crippen LogP contribution in [0.25, 0.3) is 0 Å². The molecule has 9 nitrogen and oxygen atoms in total. The molecule has 144 valence electrons. The minimum Gasteiger partial charge on any atom is -0.493 e. The van der Waals surface area contributed by atoms with Crippen LogP contribution >= 0.6 is 11.6 Å². The molecule has 1 aromatic heterocycles. The molecule has 27 heavy (non-hydrogen) atoms. The average Bonchev–Trinajstić information content (AvgIpc) is 2.60. The Morgan fingerprint density at radius 1 is 1.26 bits per heavy atom. The first-order chi connectivity index (χ1) is 12.8. The number of methoxy groups -OCH3 is 2. The van der Waals surface area contributed by atoms with Gasteiger partial charge in [-0.25, -0.2) is 10.2 Å². The van der Waals surface area contributed by atoms with Crippen LogP contribution in [0, 0.1) is 6.92 Å². The van der Waals surface area contributed by atoms with E-state index in [-0.39, 0.29) is 18.7 Å². The lowest BCUT2D eigenvalue weighted by atomic mass is 10.1. The molecule has 0 bridgehead atoms. The molecule has 1 heterocycles. The van der Waals surface area contributed by atoms with Crippen LogP contribution in [-0.4, -0.2) is 36.3 Å². The summed E-state index contributed by atoms with van der Waals surface area (Å²) in [4.78, 5) is 39.4. The van der Waals surface area contributed by atoms with Crippen LogP contribution in [0.15, 0.2) is 26.8 Å². The number of hydrogen-bond donors (Lipinski definition) is 3. The number of ether oxygens (including phenoxy) is 2. The molecule has 0 aliphatic heterocycles. The highest BCUT2D eigenvalue weighted by Gasteiger charge is 2.11. The second kappa shape index (κ2) is 9.04. The number of hydrazone groups is 1. The van der Waals surface area contributed by atoms with E-state index in [1.54, 1.807) is 19.1 Å². The number of aromatic amines is 2. The maximum absolute atomic E-state index is 11.9. The molecule has 0 unspecified atom stereocenters. The van der Waals surface area contributed by atoms with Crippen molar-refractivity contribution in [2.24, 2.45) is 5.10 Å². The molecule has 0 radical (unpaired) electrons. The number of benzene rings is 1. The molecule has 0 fully saturated rings. The summed E-state index contributed by atoms with van der Waals surface area (Å²) in [6.45, 7) is 1.60. The lowest BCUT2D eigenvalue weighted by Gasteiger charge is -2.09. The van der Waals surface area contributed by atoms with Crippen molar-refractivity contribution in [3.63, 3.8) is 0 Å². The molecule has 0 aliphatic carbocycles. The number of rotatable bonds is 7. The van der Waals surface area contributed by atoms with Gasteiger partial charge in [0.05, 0.1) is 25.5 Å². The van der Waals surface area contributed by atoms with Gasteiger partial charge in [0.25, 0.3) is 5.56 Å². The molecule has 2 aromatic rings. The Kier molecular flexibility index (Phi) is 6.78. The zero-order chi connectivity index (χ0) is 20.0. The van der Waals surface area contributed by atoms with Gasteiger partial charge in [0.15, 0.2) is 11.5 Å². The van der Waals surface area contributed by atoms with Gasteiger partial charge < -0.3 is 14.5 Å². The largest absolute Gasteiger partial charge is 0.493 e. The lowest BCUT2D eigenvalue weighted by molar-refractivity contribution is -0.121. The molecule has 3 N–H and O–H groups in total. The van der Waals surface area contributed by atoms with E-state index in [9.17, 15) is 14.4 Å². The number of nitrogens with one attached hydrogen (secondary N) is 3. The number of hydrogen-bond acceptors (Lipinski definition) is 6. The summed E-state index contributed by atoms with van der Waals surface area (Å²) in [6.07, 6.45) is 1.60. The Morgan fingerprint density at radius 2 is 2.00 bits per heavy atom. The molecular weight excluding hydrogens is 376 g/mol. The molecule has 0 saturated heterocycles. The van der Waals surface area contributed by atoms with Gasteiger partial charge in [0.1, 0.15) is 0 Å². The Morgan fingerprint density at radius 3 is 2.63 bits per heavy atom. The smallest absolute Gasteiger partial charge is 0.325 e. The van der Waals surface area contributed by atoms with Crippen molar-refractivity contribution < 1.29 is 14.3 Å². The van der Waals surface area contributed by atoms with Crippen molar-refractivity contribution in [1.82, 2.24) is 15.4 Å². The number of aryl methyl sites for hydroxylation is 1. The minimum atomic E-state index is -0.580. The fourth-order valence-corrected chi connectivity index (χ4v) is 2.71. The number of carbonyl (C=O) groups excluding carboxylic acids is 1. The van der Waals surface area contributed by atoms with Crippen molar-refractivity contribution in [3.05, 3.63) is 54.8 Å². The molecule has 1 aromatic carbocycles. The third-order valence-electron chi connectivity index (χ3n) is 3.72. The van der Waals surface area contributed by atoms with Crippen LogP contribution in [0.1, 0.15) is 23.2 Å². The maximum Gasteiger partial charge on any atom is 0.325 e. The predicted molar refractivity (Wildman–Crippen MR) is 101 cm³/mol. The second-order valence-corrected chi connectivity index (χ2v) is 5.95. The van der Waals surface area contributed by atoms with Gasteiger partial charge in [0.2, 0.25) is 5.91 Å². The normalized spacial score (nSPS) is 10.8. The maximum atomic E-state index is 11.9. The van der Waals surface area contributed by atoms with Crippen LogP contribution in [0.4, 0.5) is 0 Å². The topological polar surface area (TPSA) is 126 Å². The second-order valence-electron chi connectivity index (χ2n) is 5.54. The van der Waals surface area contributed by atoms with Gasteiger partial charge >= 0.3 is 5.69 Å². The van der Waals surface area contributed by atoms with E-state index in [1.807, 2.05) is 0 Å². The minimum absolute atomic E-state index is 0.0278. The first-order valence-electron chi connectivity index (χ1n) is 7.91. The van der Waals surface area contributed by atoms with E-state index >= 15 is 0 Å². The van der Waals surface area contributed by atoms with Crippen LogP contribution in [-0.2, 0) is 11.2 Å². The van der Waals surface area contributed by atoms with E-state index in [4.69, 9.17) is 21.1 Å². The van der Waals surface area contributed by atoms with Crippen molar-refractivity contribution in [2.75, 3.05) is 14.2 Å². The monoisotopic (exact) mass is 394 g/mol. The fraction of sp³-hybridized carbons (Fsp3) is 0.294. The third kappa shape index (κ3) is 5.20. The molecule has 10 heteroatoms. The summed E-state index contributed by atoms with van der Waals surface area (Å²) in [5.74, 6) is 0.454. The molecule has 0 spiro atoms. The van der Waals surface area contributed by atoms with Gasteiger partial charge in [0, 0.05) is 17.7 Å². The number of H-pyrrole nitrogens is 2. The first kappa shape index (κ1) is 20.2. The average molecular weight is 395 g/mol. The summed E-state index contributed by atoms with van der Waals surface area (Å²) in [5.41, 5.74) is 2.66. The Labute approximate surface area is 159 Å². The van der Waals surface area contributed by atoms with Crippen molar-refractivity contribution >= 4 is 23.7 Å². The first-order valence-corrected chi connectivity index (χ1v) is 8.29. The highest BCUT2D eigenvalue weighted by atomic mass is 35.5. The Bertz CT molecular complexity index is 980. The zero-order valence-electron chi connectivity index (χ0n) is 15.0. The standard InChI is InChI=1S/C17H19ClN4O5/c1-9-11(16(24)21-17(25)20-9)4-5-14(23)22-19-8-10-6-12(18)15(27-3)13(7-10)26-2/h6-8H,4-5H2,1-3H3,(H,22,23)(H2,20,21,24,25)/b19-8+. The quantitative estimate of drug-likeness (QED) is 0.479. The molecular formula is C17H19ClN4O5. The number of halogens is 1. The number of aromatic nitrogens is 2. The van der Waals surface area contributed by atoms with Crippen LogP contribution < -0.4 is 26.1 Å². The highest BCUT2D eigenvalue weighted by molar-refractivity contribution is 6.32. The van der Waals surface area contributed by atoms with E-state index < -0.39 is 11.2 Å². The third-order valence-corrected chi connectivity index (χ3v) is 4.00. The lowest BCUT2D eigenvalue weighted by Crippen LogP contribution is -2.28. The van der Waals surface area contributed by atoms with E-state index in [0.717, 1.165) is 0 Å². The van der Waals surface area contributed by atoms with Gasteiger partial charge in [-0.3, -0.25) is 14.6 Å². The zero-order valence-corrected chi connectivity index (χ0v) is 15.8. The fourth-order valence-electron chi connectivity index (χ4n) is 2.41. The summed E-state index contributed by atoms with van der Waals surface area (Å²) in [7, 11) is 2.96. The summed E-state index contributed by atoms with van der Waals surface area (Å²) < 4.78 is 10.3. The van der Waals surface area contributed by atoms with Crippen LogP contribution in [0.2, 0.25) is 5.02 Å². The van der Waals surface area contributed by atoms with Crippen molar-refractivity contribution in [3.8, 4) is 11.5 Å². The summed E-state index contributed by atoms with van der Waals surface area (Å²) in [5, 5.41) is 4.21. The van der Waals surface area contributed by atoms with Gasteiger partial charge in [-0.15, -0.1) is 0 Å². The van der Waals surface area contributed by atoms with Gasteiger partial charge in [-0.05, 0) is 31.0 Å². The summed E-state index contributed by atoms with van der Waals surface area (Å²) in [6, 6.07) is 3.27. The Hall–Kier alpha value is -3.07. The van der Waals surface area contributed by atoms with E-state index in [2.05, 4.69) is 20.5 Å². The molecule has 2 rings (SSSR count). The van der Waals surface area contributed by atoms with Gasteiger partial charge in [-0.1, -0.05) is 11.6 Å². The van der Waals surface area contributed by atoms with Crippen molar-refractivity contribution in [1.29, 1.82) is 0 Å². The number of nitrogens with zero attached hydrogens (tertiary/aromatic N) is 1. The Balaban J connectivity index is 1.99. The number of carbonyl (C=O) groups is 1. The predicted octanol–water partition coefficient (Wildman–Crippen LogP) is 1.13. The molecule has 1 amide bonds. The van der Waals surface area contributed by atoms with Gasteiger partial charge in [-0.2, -0.15) is 5.10 Å². The molecule has 0 aliphatic rings. The van der Waals surface area contributed by atoms with Crippen LogP contribution in [0.3, 0.4) is 0 Å².